The third-order valence-electron chi connectivity index (χ3n) is 2.00. The average molecular weight is 185 g/mol. The molecule has 13 heavy (non-hydrogen) atoms. The number of carbonyl (C=O) groups is 2. The van der Waals surface area contributed by atoms with E-state index in [1.165, 1.54) is 6.92 Å². The molecule has 1 saturated carbocycles. The van der Waals surface area contributed by atoms with Gasteiger partial charge in [-0.1, -0.05) is 0 Å². The first-order valence-electron chi connectivity index (χ1n) is 4.58. The molecule has 0 saturated heterocycles. The van der Waals surface area contributed by atoms with E-state index in [1.54, 1.807) is 11.8 Å². The molecule has 4 heteroatoms. The van der Waals surface area contributed by atoms with Crippen molar-refractivity contribution in [1.29, 1.82) is 0 Å². The van der Waals surface area contributed by atoms with E-state index >= 15 is 0 Å². The molecule has 0 bridgehead atoms. The van der Waals surface area contributed by atoms with Gasteiger partial charge in [0.25, 0.3) is 0 Å². The van der Waals surface area contributed by atoms with Gasteiger partial charge in [-0.15, -0.1) is 0 Å². The zero-order chi connectivity index (χ0) is 9.84. The normalized spacial score (nSPS) is 15.2. The molecule has 1 aliphatic rings. The van der Waals surface area contributed by atoms with Crippen LogP contribution in [0.5, 0.6) is 0 Å². The second-order valence-corrected chi connectivity index (χ2v) is 3.18. The maximum absolute atomic E-state index is 11.1. The molecule has 1 amide bonds. The van der Waals surface area contributed by atoms with Gasteiger partial charge in [-0.2, -0.15) is 0 Å². The minimum absolute atomic E-state index is 0.0458. The molecule has 74 valence electrons. The lowest BCUT2D eigenvalue weighted by molar-refractivity contribution is -0.148. The van der Waals surface area contributed by atoms with E-state index in [2.05, 4.69) is 0 Å². The minimum Gasteiger partial charge on any atom is -0.465 e. The molecule has 0 radical (unpaired) electrons. The van der Waals surface area contributed by atoms with Gasteiger partial charge in [-0.25, -0.2) is 0 Å². The summed E-state index contributed by atoms with van der Waals surface area (Å²) in [4.78, 5) is 23.7. The van der Waals surface area contributed by atoms with Crippen molar-refractivity contribution in [1.82, 2.24) is 4.90 Å². The Morgan fingerprint density at radius 3 is 2.46 bits per heavy atom. The molecule has 0 N–H and O–H groups in total. The van der Waals surface area contributed by atoms with Crippen molar-refractivity contribution in [3.05, 3.63) is 0 Å². The molecular weight excluding hydrogens is 170 g/mol. The summed E-state index contributed by atoms with van der Waals surface area (Å²) < 4.78 is 4.77. The van der Waals surface area contributed by atoms with Crippen LogP contribution in [0.15, 0.2) is 0 Å². The van der Waals surface area contributed by atoms with Crippen molar-refractivity contribution >= 4 is 11.9 Å². The lowest BCUT2D eigenvalue weighted by Crippen LogP contribution is -2.36. The Balaban J connectivity index is 2.37. The Hall–Kier alpha value is -1.06. The Labute approximate surface area is 77.8 Å². The maximum atomic E-state index is 11.1. The molecule has 0 unspecified atom stereocenters. The van der Waals surface area contributed by atoms with Gasteiger partial charge in [0.2, 0.25) is 5.91 Å². The fourth-order valence-corrected chi connectivity index (χ4v) is 1.23. The Morgan fingerprint density at radius 2 is 2.08 bits per heavy atom. The Morgan fingerprint density at radius 1 is 1.46 bits per heavy atom. The first-order chi connectivity index (χ1) is 6.15. The lowest BCUT2D eigenvalue weighted by Gasteiger charge is -2.18. The molecule has 0 aliphatic heterocycles. The highest BCUT2D eigenvalue weighted by Gasteiger charge is 2.32. The smallest absolute Gasteiger partial charge is 0.325 e. The van der Waals surface area contributed by atoms with E-state index in [4.69, 9.17) is 4.74 Å². The van der Waals surface area contributed by atoms with Crippen molar-refractivity contribution in [3.63, 3.8) is 0 Å². The Kier molecular flexibility index (Phi) is 3.28. The number of amides is 1. The number of carbonyl (C=O) groups excluding carboxylic acids is 2. The van der Waals surface area contributed by atoms with Gasteiger partial charge in [-0.05, 0) is 19.8 Å². The number of hydrogen-bond donors (Lipinski definition) is 0. The van der Waals surface area contributed by atoms with E-state index in [-0.39, 0.29) is 24.5 Å². The van der Waals surface area contributed by atoms with Crippen LogP contribution in [-0.2, 0) is 14.3 Å². The van der Waals surface area contributed by atoms with Crippen LogP contribution in [0.3, 0.4) is 0 Å². The summed E-state index contributed by atoms with van der Waals surface area (Å²) >= 11 is 0. The van der Waals surface area contributed by atoms with Crippen LogP contribution in [0, 0.1) is 0 Å². The number of esters is 1. The number of nitrogens with zero attached hydrogens (tertiary/aromatic N) is 1. The third kappa shape index (κ3) is 3.05. The van der Waals surface area contributed by atoms with Gasteiger partial charge in [0.05, 0.1) is 6.61 Å². The number of ether oxygens (including phenoxy) is 1. The van der Waals surface area contributed by atoms with E-state index in [9.17, 15) is 9.59 Å². The predicted octanol–water partition coefficient (Wildman–Crippen LogP) is 0.560. The summed E-state index contributed by atoms with van der Waals surface area (Å²) in [5.41, 5.74) is 0. The van der Waals surface area contributed by atoms with Gasteiger partial charge in [-0.3, -0.25) is 9.59 Å². The van der Waals surface area contributed by atoms with Gasteiger partial charge < -0.3 is 9.64 Å². The molecule has 4 nitrogen and oxygen atoms in total. The second kappa shape index (κ2) is 4.25. The maximum Gasteiger partial charge on any atom is 0.325 e. The van der Waals surface area contributed by atoms with Crippen LogP contribution in [0.4, 0.5) is 0 Å². The highest BCUT2D eigenvalue weighted by Crippen LogP contribution is 2.26. The summed E-state index contributed by atoms with van der Waals surface area (Å²) in [7, 11) is 0. The van der Waals surface area contributed by atoms with Crippen LogP contribution in [-0.4, -0.2) is 36.0 Å². The van der Waals surface area contributed by atoms with Crippen molar-refractivity contribution in [3.8, 4) is 0 Å². The van der Waals surface area contributed by atoms with E-state index in [1.807, 2.05) is 0 Å². The standard InChI is InChI=1S/C9H15NO3/c1-3-13-9(12)6-10(7(2)11)8-4-5-8/h8H,3-6H2,1-2H3. The molecule has 0 aromatic rings. The highest BCUT2D eigenvalue weighted by molar-refractivity contribution is 5.81. The van der Waals surface area contributed by atoms with Crippen molar-refractivity contribution in [2.75, 3.05) is 13.2 Å². The second-order valence-electron chi connectivity index (χ2n) is 3.18. The molecule has 0 aromatic carbocycles. The zero-order valence-electron chi connectivity index (χ0n) is 8.08. The molecule has 0 aromatic heterocycles. The average Bonchev–Trinajstić information content (AvgIpc) is 2.82. The lowest BCUT2D eigenvalue weighted by atomic mass is 10.4. The summed E-state index contributed by atoms with van der Waals surface area (Å²) in [5.74, 6) is -0.361. The Bertz CT molecular complexity index is 211. The number of hydrogen-bond acceptors (Lipinski definition) is 3. The third-order valence-corrected chi connectivity index (χ3v) is 2.00. The minimum atomic E-state index is -0.315. The number of rotatable bonds is 4. The highest BCUT2D eigenvalue weighted by atomic mass is 16.5. The topological polar surface area (TPSA) is 46.6 Å². The van der Waals surface area contributed by atoms with E-state index in [0.717, 1.165) is 12.8 Å². The molecule has 0 spiro atoms. The van der Waals surface area contributed by atoms with Crippen molar-refractivity contribution in [2.45, 2.75) is 32.7 Å². The molecule has 1 rings (SSSR count). The van der Waals surface area contributed by atoms with E-state index in [0.29, 0.717) is 6.61 Å². The monoisotopic (exact) mass is 185 g/mol. The molecule has 1 fully saturated rings. The van der Waals surface area contributed by atoms with Crippen molar-refractivity contribution in [2.24, 2.45) is 0 Å². The fourth-order valence-electron chi connectivity index (χ4n) is 1.23. The quantitative estimate of drug-likeness (QED) is 0.601. The van der Waals surface area contributed by atoms with Gasteiger partial charge in [0, 0.05) is 13.0 Å². The van der Waals surface area contributed by atoms with Gasteiger partial charge >= 0.3 is 5.97 Å². The first-order valence-corrected chi connectivity index (χ1v) is 4.58. The fraction of sp³-hybridized carbons (Fsp3) is 0.778. The largest absolute Gasteiger partial charge is 0.465 e. The molecule has 0 atom stereocenters. The molecule has 0 heterocycles. The molecule has 1 aliphatic carbocycles. The van der Waals surface area contributed by atoms with Gasteiger partial charge in [0.1, 0.15) is 6.54 Å². The van der Waals surface area contributed by atoms with Crippen LogP contribution < -0.4 is 0 Å². The SMILES string of the molecule is CCOC(=O)CN(C(C)=O)C1CC1. The van der Waals surface area contributed by atoms with Crippen LogP contribution >= 0.6 is 0 Å². The van der Waals surface area contributed by atoms with Crippen LogP contribution in [0.25, 0.3) is 0 Å². The van der Waals surface area contributed by atoms with Crippen LogP contribution in [0.1, 0.15) is 26.7 Å². The summed E-state index contributed by atoms with van der Waals surface area (Å²) in [5, 5.41) is 0. The predicted molar refractivity (Wildman–Crippen MR) is 47.0 cm³/mol. The first kappa shape index (κ1) is 10.0. The summed E-state index contributed by atoms with van der Waals surface area (Å²) in [6, 6.07) is 0.280. The van der Waals surface area contributed by atoms with Gasteiger partial charge in [0.15, 0.2) is 0 Å². The summed E-state index contributed by atoms with van der Waals surface area (Å²) in [6.45, 7) is 3.72. The molecular formula is C9H15NO3. The zero-order valence-corrected chi connectivity index (χ0v) is 8.08. The summed E-state index contributed by atoms with van der Waals surface area (Å²) in [6.07, 6.45) is 2.03. The van der Waals surface area contributed by atoms with E-state index < -0.39 is 0 Å². The van der Waals surface area contributed by atoms with Crippen LogP contribution in [0.2, 0.25) is 0 Å². The van der Waals surface area contributed by atoms with Crippen molar-refractivity contribution < 1.29 is 14.3 Å².